The summed E-state index contributed by atoms with van der Waals surface area (Å²) in [6, 6.07) is 15.9. The van der Waals surface area contributed by atoms with Crippen molar-refractivity contribution in [2.24, 2.45) is 4.99 Å². The fraction of sp³-hybridized carbons (Fsp3) is 0.370. The van der Waals surface area contributed by atoms with Crippen LogP contribution in [0.25, 0.3) is 0 Å². The first-order valence-electron chi connectivity index (χ1n) is 11.8. The maximum atomic E-state index is 11.2. The summed E-state index contributed by atoms with van der Waals surface area (Å²) >= 11 is 0. The van der Waals surface area contributed by atoms with E-state index in [0.29, 0.717) is 19.6 Å². The molecule has 0 atom stereocenters. The molecule has 3 heterocycles. The topological polar surface area (TPSA) is 85.7 Å². The third kappa shape index (κ3) is 6.70. The predicted octanol–water partition coefficient (Wildman–Crippen LogP) is 3.06. The van der Waals surface area contributed by atoms with Gasteiger partial charge in [-0.3, -0.25) is 19.9 Å². The second kappa shape index (κ2) is 11.3. The van der Waals surface area contributed by atoms with Crippen molar-refractivity contribution in [1.29, 1.82) is 0 Å². The Morgan fingerprint density at radius 1 is 0.971 bits per heavy atom. The van der Waals surface area contributed by atoms with E-state index in [4.69, 9.17) is 4.99 Å². The highest BCUT2D eigenvalue weighted by Crippen LogP contribution is 2.26. The number of aliphatic imine (C=N–C) groups is 1. The van der Waals surface area contributed by atoms with E-state index < -0.39 is 0 Å². The molecule has 1 aliphatic heterocycles. The standard InChI is InChI=1S/C27H34N6O/c1-21-13-22(15-32-27(2)19-28-11-12-29-20-27)26(34)23(14-21)16-33(17-24-7-3-5-9-30-24)18-25-8-4-6-10-31-25/h3-10,13-15,28-29,34H,11-12,16-20H2,1-2H3. The van der Waals surface area contributed by atoms with E-state index >= 15 is 0 Å². The third-order valence-electron chi connectivity index (χ3n) is 5.99. The van der Waals surface area contributed by atoms with Gasteiger partial charge >= 0.3 is 0 Å². The number of hydrogen-bond donors (Lipinski definition) is 3. The summed E-state index contributed by atoms with van der Waals surface area (Å²) in [4.78, 5) is 16.1. The first kappa shape index (κ1) is 24.0. The van der Waals surface area contributed by atoms with Crippen LogP contribution in [0.1, 0.15) is 35.0 Å². The number of aromatic hydroxyl groups is 1. The molecule has 1 fully saturated rings. The van der Waals surface area contributed by atoms with Crippen molar-refractivity contribution in [1.82, 2.24) is 25.5 Å². The number of hydrogen-bond acceptors (Lipinski definition) is 7. The van der Waals surface area contributed by atoms with Crippen molar-refractivity contribution in [2.45, 2.75) is 39.0 Å². The summed E-state index contributed by atoms with van der Waals surface area (Å²) in [5.41, 5.74) is 4.41. The molecule has 0 radical (unpaired) electrons. The minimum absolute atomic E-state index is 0.253. The highest BCUT2D eigenvalue weighted by molar-refractivity contribution is 5.84. The highest BCUT2D eigenvalue weighted by atomic mass is 16.3. The second-order valence-corrected chi connectivity index (χ2v) is 9.26. The average Bonchev–Trinajstić information content (AvgIpc) is 3.06. The SMILES string of the molecule is Cc1cc(C=NC2(C)CNCCNC2)c(O)c(CN(Cc2ccccn2)Cc2ccccn2)c1. The van der Waals surface area contributed by atoms with Crippen molar-refractivity contribution in [2.75, 3.05) is 26.2 Å². The zero-order valence-corrected chi connectivity index (χ0v) is 20.0. The van der Waals surface area contributed by atoms with Crippen molar-refractivity contribution in [3.8, 4) is 5.75 Å². The number of aromatic nitrogens is 2. The Morgan fingerprint density at radius 2 is 1.59 bits per heavy atom. The van der Waals surface area contributed by atoms with Crippen molar-refractivity contribution in [3.63, 3.8) is 0 Å². The van der Waals surface area contributed by atoms with Gasteiger partial charge in [-0.1, -0.05) is 18.2 Å². The van der Waals surface area contributed by atoms with Gasteiger partial charge in [0.2, 0.25) is 0 Å². The molecule has 3 aromatic rings. The summed E-state index contributed by atoms with van der Waals surface area (Å²) < 4.78 is 0. The number of pyridine rings is 2. The van der Waals surface area contributed by atoms with Crippen molar-refractivity contribution < 1.29 is 5.11 Å². The van der Waals surface area contributed by atoms with Crippen LogP contribution in [-0.4, -0.2) is 57.9 Å². The molecule has 0 aliphatic carbocycles. The van der Waals surface area contributed by atoms with Crippen molar-refractivity contribution in [3.05, 3.63) is 89.0 Å². The number of nitrogens with zero attached hydrogens (tertiary/aromatic N) is 4. The van der Waals surface area contributed by atoms with Gasteiger partial charge in [0.15, 0.2) is 0 Å². The number of benzene rings is 1. The van der Waals surface area contributed by atoms with Crippen LogP contribution in [-0.2, 0) is 19.6 Å². The fourth-order valence-electron chi connectivity index (χ4n) is 4.22. The molecule has 0 unspecified atom stereocenters. The molecule has 1 saturated heterocycles. The number of nitrogens with one attached hydrogen (secondary N) is 2. The first-order valence-corrected chi connectivity index (χ1v) is 11.8. The van der Waals surface area contributed by atoms with Gasteiger partial charge in [-0.15, -0.1) is 0 Å². The lowest BCUT2D eigenvalue weighted by Crippen LogP contribution is -2.40. The van der Waals surface area contributed by atoms with Crippen LogP contribution in [0.4, 0.5) is 0 Å². The minimum Gasteiger partial charge on any atom is -0.507 e. The molecule has 34 heavy (non-hydrogen) atoms. The Hall–Kier alpha value is -3.13. The van der Waals surface area contributed by atoms with E-state index in [1.54, 1.807) is 0 Å². The zero-order valence-electron chi connectivity index (χ0n) is 20.0. The summed E-state index contributed by atoms with van der Waals surface area (Å²) in [6.07, 6.45) is 5.44. The van der Waals surface area contributed by atoms with Gasteiger partial charge < -0.3 is 15.7 Å². The largest absolute Gasteiger partial charge is 0.507 e. The maximum absolute atomic E-state index is 11.2. The normalized spacial score (nSPS) is 16.1. The molecule has 1 aliphatic rings. The predicted molar refractivity (Wildman–Crippen MR) is 136 cm³/mol. The Bertz CT molecular complexity index is 1040. The Morgan fingerprint density at radius 3 is 2.15 bits per heavy atom. The molecular formula is C27H34N6O. The number of rotatable bonds is 8. The molecule has 0 spiro atoms. The van der Waals surface area contributed by atoms with Gasteiger partial charge in [-0.2, -0.15) is 0 Å². The quantitative estimate of drug-likeness (QED) is 0.450. The van der Waals surface area contributed by atoms with Gasteiger partial charge in [-0.25, -0.2) is 0 Å². The van der Waals surface area contributed by atoms with Gasteiger partial charge in [0, 0.05) is 75.5 Å². The summed E-state index contributed by atoms with van der Waals surface area (Å²) in [5, 5.41) is 18.0. The van der Waals surface area contributed by atoms with E-state index in [-0.39, 0.29) is 11.3 Å². The lowest BCUT2D eigenvalue weighted by molar-refractivity contribution is 0.238. The van der Waals surface area contributed by atoms with Gasteiger partial charge in [0.05, 0.1) is 16.9 Å². The molecule has 178 valence electrons. The summed E-state index contributed by atoms with van der Waals surface area (Å²) in [6.45, 7) is 9.55. The van der Waals surface area contributed by atoms with Crippen LogP contribution >= 0.6 is 0 Å². The van der Waals surface area contributed by atoms with Crippen LogP contribution < -0.4 is 10.6 Å². The van der Waals surface area contributed by atoms with Gasteiger partial charge in [0.25, 0.3) is 0 Å². The number of aryl methyl sites for hydroxylation is 1. The van der Waals surface area contributed by atoms with E-state index in [1.165, 1.54) is 0 Å². The second-order valence-electron chi connectivity index (χ2n) is 9.26. The summed E-state index contributed by atoms with van der Waals surface area (Å²) in [5.74, 6) is 0.277. The number of phenols is 1. The molecule has 2 aromatic heterocycles. The lowest BCUT2D eigenvalue weighted by atomic mass is 10.0. The van der Waals surface area contributed by atoms with E-state index in [1.807, 2.05) is 67.1 Å². The third-order valence-corrected chi connectivity index (χ3v) is 5.99. The molecule has 4 rings (SSSR count). The van der Waals surface area contributed by atoms with Crippen LogP contribution in [0.5, 0.6) is 5.75 Å². The van der Waals surface area contributed by atoms with Crippen LogP contribution in [0, 0.1) is 6.92 Å². The number of phenolic OH excluding ortho intramolecular Hbond substituents is 1. The Kier molecular flexibility index (Phi) is 8.00. The highest BCUT2D eigenvalue weighted by Gasteiger charge is 2.24. The average molecular weight is 459 g/mol. The molecule has 1 aromatic carbocycles. The zero-order chi connectivity index (χ0) is 23.8. The van der Waals surface area contributed by atoms with Crippen molar-refractivity contribution >= 4 is 6.21 Å². The Labute approximate surface area is 202 Å². The van der Waals surface area contributed by atoms with E-state index in [9.17, 15) is 5.11 Å². The Balaban J connectivity index is 1.58. The van der Waals surface area contributed by atoms with Crippen LogP contribution in [0.2, 0.25) is 0 Å². The molecule has 0 bridgehead atoms. The summed E-state index contributed by atoms with van der Waals surface area (Å²) in [7, 11) is 0. The fourth-order valence-corrected chi connectivity index (χ4v) is 4.22. The monoisotopic (exact) mass is 458 g/mol. The minimum atomic E-state index is -0.253. The first-order chi connectivity index (χ1) is 16.5. The van der Waals surface area contributed by atoms with Crippen LogP contribution in [0.15, 0.2) is 65.9 Å². The van der Waals surface area contributed by atoms with Gasteiger partial charge in [-0.05, 0) is 49.7 Å². The molecule has 3 N–H and O–H groups in total. The van der Waals surface area contributed by atoms with Crippen LogP contribution in [0.3, 0.4) is 0 Å². The molecule has 7 nitrogen and oxygen atoms in total. The van der Waals surface area contributed by atoms with Gasteiger partial charge in [0.1, 0.15) is 5.75 Å². The molecular weight excluding hydrogens is 424 g/mol. The molecule has 7 heteroatoms. The maximum Gasteiger partial charge on any atom is 0.128 e. The molecule has 0 amide bonds. The smallest absolute Gasteiger partial charge is 0.128 e. The van der Waals surface area contributed by atoms with E-state index in [2.05, 4.69) is 39.3 Å². The molecule has 0 saturated carbocycles. The van der Waals surface area contributed by atoms with E-state index in [0.717, 1.165) is 54.3 Å². The lowest BCUT2D eigenvalue weighted by Gasteiger charge is -2.24.